The third-order valence-electron chi connectivity index (χ3n) is 3.46. The van der Waals surface area contributed by atoms with Crippen LogP contribution in [0.15, 0.2) is 41.5 Å². The molecule has 0 aliphatic heterocycles. The average Bonchev–Trinajstić information content (AvgIpc) is 3.02. The van der Waals surface area contributed by atoms with Crippen LogP contribution in [0.2, 0.25) is 0 Å². The van der Waals surface area contributed by atoms with Gasteiger partial charge in [0, 0.05) is 13.1 Å². The van der Waals surface area contributed by atoms with E-state index >= 15 is 0 Å². The maximum Gasteiger partial charge on any atom is 0.191 e. The molecule has 0 aliphatic rings. The van der Waals surface area contributed by atoms with Gasteiger partial charge in [0.15, 0.2) is 5.96 Å². The van der Waals surface area contributed by atoms with Crippen molar-refractivity contribution in [2.75, 3.05) is 13.1 Å². The molecule has 132 valence electrons. The summed E-state index contributed by atoms with van der Waals surface area (Å²) in [5.74, 6) is 2.39. The van der Waals surface area contributed by atoms with Crippen molar-refractivity contribution in [1.29, 1.82) is 0 Å². The van der Waals surface area contributed by atoms with Crippen LogP contribution in [-0.4, -0.2) is 29.0 Å². The number of aromatic nitrogens is 2. The second-order valence-electron chi connectivity index (χ2n) is 5.91. The van der Waals surface area contributed by atoms with Gasteiger partial charge in [-0.05, 0) is 24.8 Å². The fourth-order valence-corrected chi connectivity index (χ4v) is 2.18. The lowest BCUT2D eigenvalue weighted by atomic mass is 10.1. The van der Waals surface area contributed by atoms with Gasteiger partial charge in [-0.3, -0.25) is 0 Å². The lowest BCUT2D eigenvalue weighted by Gasteiger charge is -2.11. The third kappa shape index (κ3) is 6.90. The topological polar surface area (TPSA) is 65.1 Å². The zero-order valence-electron chi connectivity index (χ0n) is 14.7. The van der Waals surface area contributed by atoms with Crippen molar-refractivity contribution in [3.05, 3.63) is 42.4 Å². The highest BCUT2D eigenvalue weighted by Gasteiger charge is 2.03. The first-order chi connectivity index (χ1) is 11.2. The van der Waals surface area contributed by atoms with Crippen LogP contribution < -0.4 is 10.6 Å². The normalized spacial score (nSPS) is 11.2. The first-order valence-electron chi connectivity index (χ1n) is 8.30. The Hall–Kier alpha value is -1.57. The number of nitrogens with zero attached hydrogens (tertiary/aromatic N) is 2. The quantitative estimate of drug-likeness (QED) is 0.348. The summed E-state index contributed by atoms with van der Waals surface area (Å²) < 4.78 is 0. The number of aliphatic imine (C=N–C) groups is 1. The molecule has 0 bridgehead atoms. The van der Waals surface area contributed by atoms with Gasteiger partial charge in [0.1, 0.15) is 12.4 Å². The standard InChI is InChI=1S/C18H27N5.HI/c1-4-19-18(20-11-10-14(2)3)22-13-17-21-12-16(23-17)15-8-6-5-7-9-15;/h5-9,12,14H,4,10-11,13H2,1-3H3,(H,21,23)(H2,19,20,22);1H. The summed E-state index contributed by atoms with van der Waals surface area (Å²) >= 11 is 0. The Balaban J connectivity index is 0.00000288. The highest BCUT2D eigenvalue weighted by atomic mass is 127. The molecule has 6 heteroatoms. The van der Waals surface area contributed by atoms with E-state index in [2.05, 4.69) is 58.5 Å². The number of rotatable bonds is 7. The number of imidazole rings is 1. The Kier molecular flexibility index (Phi) is 9.44. The van der Waals surface area contributed by atoms with Gasteiger partial charge in [-0.15, -0.1) is 24.0 Å². The van der Waals surface area contributed by atoms with Gasteiger partial charge < -0.3 is 15.6 Å². The van der Waals surface area contributed by atoms with E-state index in [1.165, 1.54) is 0 Å². The predicted molar refractivity (Wildman–Crippen MR) is 112 cm³/mol. The minimum absolute atomic E-state index is 0. The molecule has 0 unspecified atom stereocenters. The Bertz CT molecular complexity index is 607. The molecule has 1 aromatic heterocycles. The number of guanidine groups is 1. The molecular weight excluding hydrogens is 413 g/mol. The van der Waals surface area contributed by atoms with E-state index in [0.717, 1.165) is 42.6 Å². The number of aromatic amines is 1. The van der Waals surface area contributed by atoms with Crippen molar-refractivity contribution in [1.82, 2.24) is 20.6 Å². The average molecular weight is 441 g/mol. The maximum absolute atomic E-state index is 4.59. The lowest BCUT2D eigenvalue weighted by Crippen LogP contribution is -2.38. The molecule has 24 heavy (non-hydrogen) atoms. The minimum atomic E-state index is 0. The van der Waals surface area contributed by atoms with E-state index in [1.54, 1.807) is 0 Å². The van der Waals surface area contributed by atoms with Crippen LogP contribution in [0, 0.1) is 5.92 Å². The van der Waals surface area contributed by atoms with Crippen molar-refractivity contribution in [3.63, 3.8) is 0 Å². The number of hydrogen-bond acceptors (Lipinski definition) is 2. The van der Waals surface area contributed by atoms with Gasteiger partial charge in [-0.1, -0.05) is 44.2 Å². The van der Waals surface area contributed by atoms with Crippen LogP contribution in [0.25, 0.3) is 11.3 Å². The molecule has 0 aliphatic carbocycles. The van der Waals surface area contributed by atoms with Gasteiger partial charge in [-0.25, -0.2) is 9.98 Å². The Morgan fingerprint density at radius 1 is 1.21 bits per heavy atom. The number of nitrogens with one attached hydrogen (secondary N) is 3. The smallest absolute Gasteiger partial charge is 0.191 e. The van der Waals surface area contributed by atoms with E-state index in [0.29, 0.717) is 12.5 Å². The molecule has 0 fully saturated rings. The van der Waals surface area contributed by atoms with Crippen LogP contribution in [-0.2, 0) is 6.54 Å². The second-order valence-corrected chi connectivity index (χ2v) is 5.91. The zero-order chi connectivity index (χ0) is 16.5. The maximum atomic E-state index is 4.59. The molecule has 1 aromatic carbocycles. The molecule has 1 heterocycles. The summed E-state index contributed by atoms with van der Waals surface area (Å²) in [6, 6.07) is 10.2. The fraction of sp³-hybridized carbons (Fsp3) is 0.444. The van der Waals surface area contributed by atoms with Crippen LogP contribution in [0.1, 0.15) is 33.0 Å². The molecular formula is C18H28IN5. The highest BCUT2D eigenvalue weighted by molar-refractivity contribution is 14.0. The van der Waals surface area contributed by atoms with Gasteiger partial charge in [0.25, 0.3) is 0 Å². The number of benzene rings is 1. The molecule has 3 N–H and O–H groups in total. The molecule has 0 saturated heterocycles. The minimum Gasteiger partial charge on any atom is -0.357 e. The summed E-state index contributed by atoms with van der Waals surface area (Å²) in [7, 11) is 0. The van der Waals surface area contributed by atoms with Crippen molar-refractivity contribution >= 4 is 29.9 Å². The van der Waals surface area contributed by atoms with Crippen molar-refractivity contribution in [3.8, 4) is 11.3 Å². The SMILES string of the molecule is CCNC(=NCc1ncc(-c2ccccc2)[nH]1)NCCC(C)C.I. The van der Waals surface area contributed by atoms with E-state index in [-0.39, 0.29) is 24.0 Å². The number of halogens is 1. The van der Waals surface area contributed by atoms with Crippen LogP contribution in [0.3, 0.4) is 0 Å². The van der Waals surface area contributed by atoms with Crippen LogP contribution >= 0.6 is 24.0 Å². The Morgan fingerprint density at radius 2 is 1.96 bits per heavy atom. The van der Waals surface area contributed by atoms with Crippen molar-refractivity contribution in [2.45, 2.75) is 33.7 Å². The summed E-state index contributed by atoms with van der Waals surface area (Å²) in [6.07, 6.45) is 2.99. The molecule has 0 radical (unpaired) electrons. The Morgan fingerprint density at radius 3 is 2.62 bits per heavy atom. The van der Waals surface area contributed by atoms with Crippen LogP contribution in [0.4, 0.5) is 0 Å². The van der Waals surface area contributed by atoms with E-state index in [9.17, 15) is 0 Å². The summed E-state index contributed by atoms with van der Waals surface area (Å²) in [4.78, 5) is 12.3. The van der Waals surface area contributed by atoms with E-state index in [1.807, 2.05) is 24.4 Å². The van der Waals surface area contributed by atoms with E-state index in [4.69, 9.17) is 0 Å². The van der Waals surface area contributed by atoms with Gasteiger partial charge in [-0.2, -0.15) is 0 Å². The summed E-state index contributed by atoms with van der Waals surface area (Å²) in [5.41, 5.74) is 2.16. The zero-order valence-corrected chi connectivity index (χ0v) is 17.0. The van der Waals surface area contributed by atoms with E-state index < -0.39 is 0 Å². The lowest BCUT2D eigenvalue weighted by molar-refractivity contribution is 0.573. The summed E-state index contributed by atoms with van der Waals surface area (Å²) in [6.45, 7) is 8.82. The number of hydrogen-bond donors (Lipinski definition) is 3. The van der Waals surface area contributed by atoms with Gasteiger partial charge >= 0.3 is 0 Å². The Labute approximate surface area is 161 Å². The van der Waals surface area contributed by atoms with Crippen molar-refractivity contribution in [2.24, 2.45) is 10.9 Å². The number of H-pyrrole nitrogens is 1. The highest BCUT2D eigenvalue weighted by Crippen LogP contribution is 2.16. The van der Waals surface area contributed by atoms with Gasteiger partial charge in [0.05, 0.1) is 11.9 Å². The van der Waals surface area contributed by atoms with Crippen molar-refractivity contribution < 1.29 is 0 Å². The molecule has 5 nitrogen and oxygen atoms in total. The molecule has 0 spiro atoms. The molecule has 0 amide bonds. The monoisotopic (exact) mass is 441 g/mol. The predicted octanol–water partition coefficient (Wildman–Crippen LogP) is 3.80. The molecule has 2 aromatic rings. The van der Waals surface area contributed by atoms with Gasteiger partial charge in [0.2, 0.25) is 0 Å². The third-order valence-corrected chi connectivity index (χ3v) is 3.46. The largest absolute Gasteiger partial charge is 0.357 e. The first-order valence-corrected chi connectivity index (χ1v) is 8.30. The molecule has 2 rings (SSSR count). The molecule has 0 atom stereocenters. The first kappa shape index (κ1) is 20.5. The fourth-order valence-electron chi connectivity index (χ4n) is 2.18. The van der Waals surface area contributed by atoms with Crippen LogP contribution in [0.5, 0.6) is 0 Å². The summed E-state index contributed by atoms with van der Waals surface area (Å²) in [5, 5.41) is 6.62. The molecule has 0 saturated carbocycles. The second kappa shape index (κ2) is 11.1.